The number of aromatic hydroxyl groups is 1. The lowest BCUT2D eigenvalue weighted by atomic mass is 9.89. The maximum absolute atomic E-state index is 12.8. The largest absolute Gasteiger partial charge is 0.504 e. The van der Waals surface area contributed by atoms with Crippen LogP contribution in [0.3, 0.4) is 0 Å². The summed E-state index contributed by atoms with van der Waals surface area (Å²) >= 11 is 0. The molecule has 0 saturated heterocycles. The Bertz CT molecular complexity index is 422. The van der Waals surface area contributed by atoms with Gasteiger partial charge in [0.05, 0.1) is 12.7 Å². The molecule has 0 radical (unpaired) electrons. The van der Waals surface area contributed by atoms with Gasteiger partial charge in [0, 0.05) is 11.1 Å². The average Bonchev–Trinajstić information content (AvgIpc) is 2.13. The SMILES string of the molecule is COc1ccc(C(F)(F)F)c(C(C)(C)N)c1O. The van der Waals surface area contributed by atoms with Crippen LogP contribution in [0.25, 0.3) is 0 Å². The van der Waals surface area contributed by atoms with Crippen molar-refractivity contribution in [1.29, 1.82) is 0 Å². The summed E-state index contributed by atoms with van der Waals surface area (Å²) in [5.41, 5.74) is 3.01. The lowest BCUT2D eigenvalue weighted by molar-refractivity contribution is -0.138. The predicted octanol–water partition coefficient (Wildman–Crippen LogP) is 2.61. The number of phenols is 1. The number of nitrogens with two attached hydrogens (primary N) is 1. The van der Waals surface area contributed by atoms with Gasteiger partial charge in [-0.25, -0.2) is 0 Å². The van der Waals surface area contributed by atoms with Crippen LogP contribution in [-0.4, -0.2) is 12.2 Å². The van der Waals surface area contributed by atoms with E-state index in [1.807, 2.05) is 0 Å². The fraction of sp³-hybridized carbons (Fsp3) is 0.455. The summed E-state index contributed by atoms with van der Waals surface area (Å²) < 4.78 is 43.1. The Hall–Kier alpha value is -1.43. The first-order valence-corrected chi connectivity index (χ1v) is 4.85. The molecule has 0 aliphatic heterocycles. The quantitative estimate of drug-likeness (QED) is 0.847. The van der Waals surface area contributed by atoms with Crippen molar-refractivity contribution in [2.45, 2.75) is 25.6 Å². The van der Waals surface area contributed by atoms with Gasteiger partial charge < -0.3 is 15.6 Å². The molecule has 0 spiro atoms. The maximum Gasteiger partial charge on any atom is 0.416 e. The van der Waals surface area contributed by atoms with Gasteiger partial charge in [0.2, 0.25) is 0 Å². The molecule has 0 amide bonds. The molecule has 17 heavy (non-hydrogen) atoms. The summed E-state index contributed by atoms with van der Waals surface area (Å²) in [6, 6.07) is 1.91. The molecule has 0 aliphatic rings. The normalized spacial score (nSPS) is 12.6. The molecule has 96 valence electrons. The topological polar surface area (TPSA) is 55.5 Å². The lowest BCUT2D eigenvalue weighted by Gasteiger charge is -2.26. The summed E-state index contributed by atoms with van der Waals surface area (Å²) in [5.74, 6) is -0.610. The Morgan fingerprint density at radius 3 is 2.12 bits per heavy atom. The van der Waals surface area contributed by atoms with E-state index in [0.29, 0.717) is 0 Å². The molecule has 1 rings (SSSR count). The third kappa shape index (κ3) is 2.63. The van der Waals surface area contributed by atoms with Gasteiger partial charge in [-0.1, -0.05) is 0 Å². The van der Waals surface area contributed by atoms with E-state index in [1.165, 1.54) is 21.0 Å². The van der Waals surface area contributed by atoms with Crippen LogP contribution < -0.4 is 10.5 Å². The zero-order valence-corrected chi connectivity index (χ0v) is 9.72. The van der Waals surface area contributed by atoms with Crippen molar-refractivity contribution in [3.63, 3.8) is 0 Å². The second-order valence-corrected chi connectivity index (χ2v) is 4.26. The van der Waals surface area contributed by atoms with Gasteiger partial charge in [-0.2, -0.15) is 13.2 Å². The van der Waals surface area contributed by atoms with Crippen LogP contribution in [0.15, 0.2) is 12.1 Å². The Morgan fingerprint density at radius 2 is 1.76 bits per heavy atom. The highest BCUT2D eigenvalue weighted by atomic mass is 19.4. The third-order valence-corrected chi connectivity index (χ3v) is 2.31. The van der Waals surface area contributed by atoms with Crippen molar-refractivity contribution in [2.24, 2.45) is 5.73 Å². The number of hydrogen-bond acceptors (Lipinski definition) is 3. The second kappa shape index (κ2) is 4.10. The van der Waals surface area contributed by atoms with Gasteiger partial charge in [0.15, 0.2) is 11.5 Å². The number of rotatable bonds is 2. The molecule has 1 aromatic rings. The van der Waals surface area contributed by atoms with E-state index in [4.69, 9.17) is 10.5 Å². The van der Waals surface area contributed by atoms with Gasteiger partial charge in [0.1, 0.15) is 0 Å². The minimum absolute atomic E-state index is 0.0356. The van der Waals surface area contributed by atoms with Gasteiger partial charge in [-0.05, 0) is 26.0 Å². The van der Waals surface area contributed by atoms with Crippen LogP contribution in [0, 0.1) is 0 Å². The molecule has 0 bridgehead atoms. The number of hydrogen-bond donors (Lipinski definition) is 2. The highest BCUT2D eigenvalue weighted by Gasteiger charge is 2.39. The van der Waals surface area contributed by atoms with E-state index in [1.54, 1.807) is 0 Å². The number of alkyl halides is 3. The van der Waals surface area contributed by atoms with Gasteiger partial charge in [0.25, 0.3) is 0 Å². The smallest absolute Gasteiger partial charge is 0.416 e. The molecule has 0 heterocycles. The first kappa shape index (κ1) is 13.6. The van der Waals surface area contributed by atoms with Gasteiger partial charge in [-0.15, -0.1) is 0 Å². The van der Waals surface area contributed by atoms with Crippen molar-refractivity contribution in [2.75, 3.05) is 7.11 Å². The Kier molecular flexibility index (Phi) is 3.29. The fourth-order valence-electron chi connectivity index (χ4n) is 1.63. The molecule has 1 aromatic carbocycles. The summed E-state index contributed by atoms with van der Waals surface area (Å²) in [4.78, 5) is 0. The molecule has 0 unspecified atom stereocenters. The molecule has 6 heteroatoms. The molecule has 0 fully saturated rings. The number of halogens is 3. The van der Waals surface area contributed by atoms with Crippen molar-refractivity contribution >= 4 is 0 Å². The van der Waals surface area contributed by atoms with E-state index in [0.717, 1.165) is 12.1 Å². The van der Waals surface area contributed by atoms with Crippen molar-refractivity contribution in [3.05, 3.63) is 23.3 Å². The minimum atomic E-state index is -4.57. The standard InChI is InChI=1S/C11H14F3NO2/c1-10(2,15)8-6(11(12,13)14)4-5-7(17-3)9(8)16/h4-5,16H,15H2,1-3H3. The Labute approximate surface area is 97.0 Å². The van der Waals surface area contributed by atoms with E-state index in [9.17, 15) is 18.3 Å². The van der Waals surface area contributed by atoms with Crippen LogP contribution in [0.4, 0.5) is 13.2 Å². The molecule has 0 atom stereocenters. The Morgan fingerprint density at radius 1 is 1.24 bits per heavy atom. The zero-order valence-electron chi connectivity index (χ0n) is 9.72. The van der Waals surface area contributed by atoms with E-state index in [-0.39, 0.29) is 11.3 Å². The van der Waals surface area contributed by atoms with Crippen molar-refractivity contribution in [1.82, 2.24) is 0 Å². The molecule has 3 nitrogen and oxygen atoms in total. The van der Waals surface area contributed by atoms with Crippen LogP contribution in [0.1, 0.15) is 25.0 Å². The average molecular weight is 249 g/mol. The van der Waals surface area contributed by atoms with Crippen molar-refractivity contribution in [3.8, 4) is 11.5 Å². The van der Waals surface area contributed by atoms with Crippen LogP contribution in [0.5, 0.6) is 11.5 Å². The van der Waals surface area contributed by atoms with Crippen molar-refractivity contribution < 1.29 is 23.0 Å². The second-order valence-electron chi connectivity index (χ2n) is 4.26. The number of phenolic OH excluding ortho intramolecular Hbond substituents is 1. The highest BCUT2D eigenvalue weighted by Crippen LogP contribution is 2.44. The summed E-state index contributed by atoms with van der Waals surface area (Å²) in [7, 11) is 1.26. The van der Waals surface area contributed by atoms with Crippen LogP contribution >= 0.6 is 0 Å². The molecular formula is C11H14F3NO2. The zero-order chi connectivity index (χ0) is 13.4. The fourth-order valence-corrected chi connectivity index (χ4v) is 1.63. The molecule has 3 N–H and O–H groups in total. The van der Waals surface area contributed by atoms with E-state index >= 15 is 0 Å². The van der Waals surface area contributed by atoms with Crippen LogP contribution in [0.2, 0.25) is 0 Å². The molecule has 0 aliphatic carbocycles. The van der Waals surface area contributed by atoms with Crippen LogP contribution in [-0.2, 0) is 11.7 Å². The monoisotopic (exact) mass is 249 g/mol. The Balaban J connectivity index is 3.59. The van der Waals surface area contributed by atoms with E-state index < -0.39 is 23.0 Å². The third-order valence-electron chi connectivity index (χ3n) is 2.31. The van der Waals surface area contributed by atoms with Gasteiger partial charge >= 0.3 is 6.18 Å². The number of ether oxygens (including phenoxy) is 1. The summed E-state index contributed by atoms with van der Waals surface area (Å²) in [5, 5.41) is 9.76. The summed E-state index contributed by atoms with van der Waals surface area (Å²) in [6.45, 7) is 2.77. The molecule has 0 aromatic heterocycles. The molecule has 0 saturated carbocycles. The summed E-state index contributed by atoms with van der Waals surface area (Å²) in [6.07, 6.45) is -4.57. The predicted molar refractivity (Wildman–Crippen MR) is 56.9 cm³/mol. The minimum Gasteiger partial charge on any atom is -0.504 e. The first-order valence-electron chi connectivity index (χ1n) is 4.85. The maximum atomic E-state index is 12.8. The molecular weight excluding hydrogens is 235 g/mol. The number of benzene rings is 1. The first-order chi connectivity index (χ1) is 7.59. The van der Waals surface area contributed by atoms with E-state index in [2.05, 4.69) is 0 Å². The lowest BCUT2D eigenvalue weighted by Crippen LogP contribution is -2.32. The van der Waals surface area contributed by atoms with Gasteiger partial charge in [-0.3, -0.25) is 0 Å². The highest BCUT2D eigenvalue weighted by molar-refractivity contribution is 5.53. The number of methoxy groups -OCH3 is 1.